The van der Waals surface area contributed by atoms with Crippen LogP contribution in [0, 0.1) is 0 Å². The third kappa shape index (κ3) is 4.77. The molecule has 1 aromatic carbocycles. The molecule has 150 valence electrons. The number of amides is 2. The second kappa shape index (κ2) is 8.41. The van der Waals surface area contributed by atoms with Crippen LogP contribution in [-0.4, -0.2) is 55.7 Å². The summed E-state index contributed by atoms with van der Waals surface area (Å²) in [6, 6.07) is 12.3. The quantitative estimate of drug-likeness (QED) is 0.777. The van der Waals surface area contributed by atoms with Crippen molar-refractivity contribution < 1.29 is 14.7 Å². The number of aliphatic hydroxyl groups is 1. The first-order valence-electron chi connectivity index (χ1n) is 9.34. The van der Waals surface area contributed by atoms with Crippen LogP contribution in [0.4, 0.5) is 0 Å². The number of carbonyl (C=O) groups is 2. The van der Waals surface area contributed by atoms with Crippen molar-refractivity contribution in [2.45, 2.75) is 37.2 Å². The van der Waals surface area contributed by atoms with Crippen molar-refractivity contribution in [3.8, 4) is 0 Å². The fourth-order valence-electron chi connectivity index (χ4n) is 3.35. The average Bonchev–Trinajstić information content (AvgIpc) is 3.25. The summed E-state index contributed by atoms with van der Waals surface area (Å²) in [5, 5.41) is 13.7. The van der Waals surface area contributed by atoms with Crippen molar-refractivity contribution in [2.24, 2.45) is 7.05 Å². The molecule has 2 atom stereocenters. The van der Waals surface area contributed by atoms with Gasteiger partial charge in [0.1, 0.15) is 5.69 Å². The summed E-state index contributed by atoms with van der Waals surface area (Å²) < 4.78 is 1.68. The Labute approximate surface area is 169 Å². The predicted octanol–water partition coefficient (Wildman–Crippen LogP) is 2.04. The van der Waals surface area contributed by atoms with Crippen molar-refractivity contribution in [3.05, 3.63) is 59.9 Å². The Morgan fingerprint density at radius 3 is 2.50 bits per heavy atom. The number of aliphatic hydroxyl groups excluding tert-OH is 1. The Morgan fingerprint density at radius 2 is 1.93 bits per heavy atom. The number of carbonyl (C=O) groups excluding carboxylic acids is 2. The molecule has 6 nitrogen and oxygen atoms in total. The van der Waals surface area contributed by atoms with Crippen molar-refractivity contribution in [1.82, 2.24) is 14.8 Å². The molecule has 1 aliphatic heterocycles. The number of hydrogen-bond donors (Lipinski definition) is 2. The molecule has 0 spiro atoms. The number of rotatable bonds is 6. The van der Waals surface area contributed by atoms with E-state index in [1.54, 1.807) is 46.6 Å². The van der Waals surface area contributed by atoms with Gasteiger partial charge >= 0.3 is 0 Å². The van der Waals surface area contributed by atoms with Crippen LogP contribution in [0.1, 0.15) is 29.9 Å². The fourth-order valence-corrected chi connectivity index (χ4v) is 4.32. The number of benzene rings is 1. The summed E-state index contributed by atoms with van der Waals surface area (Å²) in [5.41, 5.74) is 1.43. The van der Waals surface area contributed by atoms with Crippen molar-refractivity contribution >= 4 is 23.6 Å². The molecule has 1 saturated heterocycles. The lowest BCUT2D eigenvalue weighted by Gasteiger charge is -2.27. The highest BCUT2D eigenvalue weighted by Gasteiger charge is 2.38. The largest absolute Gasteiger partial charge is 0.381 e. The van der Waals surface area contributed by atoms with E-state index in [2.05, 4.69) is 19.2 Å². The molecular weight excluding hydrogens is 374 g/mol. The monoisotopic (exact) mass is 401 g/mol. The van der Waals surface area contributed by atoms with E-state index in [1.807, 2.05) is 30.3 Å². The van der Waals surface area contributed by atoms with Crippen molar-refractivity contribution in [1.29, 1.82) is 0 Å². The molecule has 1 aromatic heterocycles. The zero-order valence-corrected chi connectivity index (χ0v) is 17.3. The van der Waals surface area contributed by atoms with Gasteiger partial charge in [-0.2, -0.15) is 0 Å². The number of hydrogen-bond acceptors (Lipinski definition) is 4. The third-order valence-electron chi connectivity index (χ3n) is 4.92. The maximum Gasteiger partial charge on any atom is 0.268 e. The van der Waals surface area contributed by atoms with Gasteiger partial charge in [-0.3, -0.25) is 9.59 Å². The summed E-state index contributed by atoms with van der Waals surface area (Å²) in [6.45, 7) is 4.74. The van der Waals surface area contributed by atoms with Gasteiger partial charge in [-0.05, 0) is 38.0 Å². The standard InChI is InChI=1S/C21H27N3O3S/c1-21(2)13-24(14-28-21)20(27)18(25)16(12-15-8-5-4-6-9-15)22-19(26)17-10-7-11-23(17)3/h4-11,16,18,25H,12-14H2,1-3H3,(H,22,26)/t16-,18-/m0/s1. The van der Waals surface area contributed by atoms with Crippen LogP contribution in [0.3, 0.4) is 0 Å². The van der Waals surface area contributed by atoms with Gasteiger partial charge in [0.25, 0.3) is 11.8 Å². The molecule has 1 aliphatic rings. The Hall–Kier alpha value is -2.25. The molecule has 0 bridgehead atoms. The van der Waals surface area contributed by atoms with Crippen molar-refractivity contribution in [3.63, 3.8) is 0 Å². The molecule has 2 aromatic rings. The van der Waals surface area contributed by atoms with Crippen LogP contribution in [0.2, 0.25) is 0 Å². The molecule has 0 radical (unpaired) electrons. The third-order valence-corrected chi connectivity index (χ3v) is 6.27. The molecule has 0 unspecified atom stereocenters. The number of nitrogens with one attached hydrogen (secondary N) is 1. The van der Waals surface area contributed by atoms with Crippen LogP contribution in [0.5, 0.6) is 0 Å². The SMILES string of the molecule is Cn1cccc1C(=O)N[C@@H](Cc1ccccc1)[C@H](O)C(=O)N1CSC(C)(C)C1. The molecule has 0 aliphatic carbocycles. The Balaban J connectivity index is 1.78. The van der Waals surface area contributed by atoms with Crippen LogP contribution in [0.15, 0.2) is 48.7 Å². The van der Waals surface area contributed by atoms with Crippen LogP contribution < -0.4 is 5.32 Å². The second-order valence-electron chi connectivity index (χ2n) is 7.79. The Morgan fingerprint density at radius 1 is 1.21 bits per heavy atom. The Bertz CT molecular complexity index is 834. The molecule has 2 N–H and O–H groups in total. The van der Waals surface area contributed by atoms with Crippen molar-refractivity contribution in [2.75, 3.05) is 12.4 Å². The summed E-state index contributed by atoms with van der Waals surface area (Å²) in [7, 11) is 1.78. The van der Waals surface area contributed by atoms with Gasteiger partial charge in [-0.25, -0.2) is 0 Å². The maximum absolute atomic E-state index is 12.9. The van der Waals surface area contributed by atoms with Gasteiger partial charge in [0.15, 0.2) is 6.10 Å². The smallest absolute Gasteiger partial charge is 0.268 e. The molecule has 3 rings (SSSR count). The Kier molecular flexibility index (Phi) is 6.15. The number of aryl methyl sites for hydroxylation is 1. The summed E-state index contributed by atoms with van der Waals surface area (Å²) in [4.78, 5) is 27.3. The summed E-state index contributed by atoms with van der Waals surface area (Å²) >= 11 is 1.69. The topological polar surface area (TPSA) is 74.6 Å². The van der Waals surface area contributed by atoms with E-state index >= 15 is 0 Å². The molecule has 7 heteroatoms. The lowest BCUT2D eigenvalue weighted by Crippen LogP contribution is -2.52. The second-order valence-corrected chi connectivity index (χ2v) is 9.44. The van der Waals surface area contributed by atoms with Gasteiger partial charge in [0, 0.05) is 24.5 Å². The van der Waals surface area contributed by atoms with Gasteiger partial charge < -0.3 is 19.9 Å². The normalized spacial score (nSPS) is 17.9. The molecule has 0 saturated carbocycles. The first-order chi connectivity index (χ1) is 13.3. The van der Waals surface area contributed by atoms with Crippen LogP contribution in [0.25, 0.3) is 0 Å². The molecule has 28 heavy (non-hydrogen) atoms. The first kappa shape index (κ1) is 20.5. The summed E-state index contributed by atoms with van der Waals surface area (Å²) in [5.74, 6) is -0.102. The molecule has 2 amide bonds. The minimum atomic E-state index is -1.31. The first-order valence-corrected chi connectivity index (χ1v) is 10.3. The highest BCUT2D eigenvalue weighted by atomic mass is 32.2. The van der Waals surface area contributed by atoms with Gasteiger partial charge in [-0.1, -0.05) is 30.3 Å². The minimum absolute atomic E-state index is 0.0312. The van der Waals surface area contributed by atoms with E-state index in [9.17, 15) is 14.7 Å². The number of thioether (sulfide) groups is 1. The minimum Gasteiger partial charge on any atom is -0.381 e. The average molecular weight is 402 g/mol. The van der Waals surface area contributed by atoms with E-state index in [0.29, 0.717) is 24.5 Å². The number of aromatic nitrogens is 1. The lowest BCUT2D eigenvalue weighted by molar-refractivity contribution is -0.140. The molecular formula is C21H27N3O3S. The van der Waals surface area contributed by atoms with Crippen LogP contribution in [-0.2, 0) is 18.3 Å². The van der Waals surface area contributed by atoms with E-state index in [4.69, 9.17) is 0 Å². The van der Waals surface area contributed by atoms with Gasteiger partial charge in [0.2, 0.25) is 0 Å². The van der Waals surface area contributed by atoms with Gasteiger partial charge in [-0.15, -0.1) is 11.8 Å². The zero-order chi connectivity index (χ0) is 20.3. The predicted molar refractivity (Wildman–Crippen MR) is 111 cm³/mol. The van der Waals surface area contributed by atoms with Gasteiger partial charge in [0.05, 0.1) is 11.9 Å². The maximum atomic E-state index is 12.9. The fraction of sp³-hybridized carbons (Fsp3) is 0.429. The number of nitrogens with zero attached hydrogens (tertiary/aromatic N) is 2. The highest BCUT2D eigenvalue weighted by Crippen LogP contribution is 2.33. The van der Waals surface area contributed by atoms with E-state index < -0.39 is 12.1 Å². The molecule has 2 heterocycles. The van der Waals surface area contributed by atoms with Crippen LogP contribution >= 0.6 is 11.8 Å². The van der Waals surface area contributed by atoms with E-state index in [1.165, 1.54) is 0 Å². The highest BCUT2D eigenvalue weighted by molar-refractivity contribution is 8.00. The van der Waals surface area contributed by atoms with E-state index in [-0.39, 0.29) is 16.6 Å². The van der Waals surface area contributed by atoms with E-state index in [0.717, 1.165) is 5.56 Å². The summed E-state index contributed by atoms with van der Waals surface area (Å²) in [6.07, 6.45) is 0.847. The lowest BCUT2D eigenvalue weighted by atomic mass is 9.99. The molecule has 1 fully saturated rings. The zero-order valence-electron chi connectivity index (χ0n) is 16.5.